The van der Waals surface area contributed by atoms with Crippen molar-refractivity contribution in [2.75, 3.05) is 4.90 Å². The van der Waals surface area contributed by atoms with E-state index in [1.165, 1.54) is 66.4 Å². The minimum Gasteiger partial charge on any atom is -0.309 e. The lowest BCUT2D eigenvalue weighted by Crippen LogP contribution is -2.12. The maximum atomic E-state index is 2.46. The summed E-state index contributed by atoms with van der Waals surface area (Å²) in [5.41, 5.74) is 19.9. The average Bonchev–Trinajstić information content (AvgIpc) is 3.40. The summed E-state index contributed by atoms with van der Waals surface area (Å²) >= 11 is 0. The lowest BCUT2D eigenvalue weighted by atomic mass is 9.90. The van der Waals surface area contributed by atoms with Crippen LogP contribution in [0.4, 0.5) is 17.1 Å². The van der Waals surface area contributed by atoms with E-state index in [0.29, 0.717) is 0 Å². The van der Waals surface area contributed by atoms with Gasteiger partial charge in [-0.05, 0) is 108 Å². The Labute approximate surface area is 381 Å². The first-order valence-electron chi connectivity index (χ1n) is 22.3. The minimum atomic E-state index is 1.07. The van der Waals surface area contributed by atoms with Gasteiger partial charge in [0.15, 0.2) is 0 Å². The molecule has 0 spiro atoms. The Balaban J connectivity index is 1.08. The van der Waals surface area contributed by atoms with Gasteiger partial charge in [0.05, 0.1) is 11.4 Å². The molecule has 0 atom stereocenters. The zero-order valence-electron chi connectivity index (χ0n) is 35.9. The van der Waals surface area contributed by atoms with E-state index in [9.17, 15) is 0 Å². The Morgan fingerprint density at radius 1 is 0.200 bits per heavy atom. The molecule has 0 radical (unpaired) electrons. The molecule has 0 N–H and O–H groups in total. The largest absolute Gasteiger partial charge is 0.309 e. The molecule has 306 valence electrons. The van der Waals surface area contributed by atoms with Crippen LogP contribution in [0.5, 0.6) is 0 Å². The molecule has 0 heterocycles. The summed E-state index contributed by atoms with van der Waals surface area (Å²) in [6.07, 6.45) is 0. The van der Waals surface area contributed by atoms with E-state index in [1.54, 1.807) is 0 Å². The van der Waals surface area contributed by atoms with Gasteiger partial charge in [-0.15, -0.1) is 0 Å². The molecule has 0 aliphatic carbocycles. The number of hydrogen-bond donors (Lipinski definition) is 0. The summed E-state index contributed by atoms with van der Waals surface area (Å²) < 4.78 is 0. The molecule has 0 bridgehead atoms. The molecule has 1 nitrogen and oxygen atoms in total. The van der Waals surface area contributed by atoms with Gasteiger partial charge < -0.3 is 4.90 Å². The number of hydrogen-bond acceptors (Lipinski definition) is 1. The number of nitrogens with zero attached hydrogens (tertiary/aromatic N) is 1. The molecular formula is C64H45N. The van der Waals surface area contributed by atoms with E-state index in [-0.39, 0.29) is 0 Å². The second-order valence-corrected chi connectivity index (χ2v) is 16.4. The van der Waals surface area contributed by atoms with Gasteiger partial charge in [-0.2, -0.15) is 0 Å². The summed E-state index contributed by atoms with van der Waals surface area (Å²) in [5, 5.41) is 2.45. The van der Waals surface area contributed by atoms with Crippen molar-refractivity contribution in [2.45, 2.75) is 0 Å². The average molecular weight is 828 g/mol. The van der Waals surface area contributed by atoms with Crippen molar-refractivity contribution >= 4 is 27.8 Å². The summed E-state index contributed by atoms with van der Waals surface area (Å²) in [7, 11) is 0. The van der Waals surface area contributed by atoms with E-state index >= 15 is 0 Å². The van der Waals surface area contributed by atoms with Gasteiger partial charge in [0.1, 0.15) is 0 Å². The molecule has 65 heavy (non-hydrogen) atoms. The van der Waals surface area contributed by atoms with Gasteiger partial charge >= 0.3 is 0 Å². The van der Waals surface area contributed by atoms with Crippen LogP contribution in [0.25, 0.3) is 88.7 Å². The second kappa shape index (κ2) is 17.7. The van der Waals surface area contributed by atoms with Crippen molar-refractivity contribution in [3.8, 4) is 77.9 Å². The first kappa shape index (κ1) is 39.3. The molecule has 11 aromatic carbocycles. The molecule has 0 unspecified atom stereocenters. The molecule has 0 aromatic heterocycles. The predicted molar refractivity (Wildman–Crippen MR) is 277 cm³/mol. The summed E-state index contributed by atoms with van der Waals surface area (Å²) in [6, 6.07) is 98.8. The summed E-state index contributed by atoms with van der Waals surface area (Å²) in [6.45, 7) is 0. The van der Waals surface area contributed by atoms with E-state index in [2.05, 4.69) is 278 Å². The van der Waals surface area contributed by atoms with E-state index < -0.39 is 0 Å². The SMILES string of the molecule is c1ccc(-c2ccc(-c3ccccc3N(c3ccc(-c4ccc(-c5ccccc5)c(-c5ccccc5)c4)cc3)c3ccccc3-c3cccc4cccc(-c5ccccc5)c34)cc2)cc1. The highest BCUT2D eigenvalue weighted by Crippen LogP contribution is 2.47. The van der Waals surface area contributed by atoms with Gasteiger partial charge in [0.2, 0.25) is 0 Å². The monoisotopic (exact) mass is 827 g/mol. The topological polar surface area (TPSA) is 3.24 Å². The highest BCUT2D eigenvalue weighted by atomic mass is 15.1. The Morgan fingerprint density at radius 2 is 0.585 bits per heavy atom. The van der Waals surface area contributed by atoms with Gasteiger partial charge in [-0.3, -0.25) is 0 Å². The van der Waals surface area contributed by atoms with Crippen LogP contribution in [-0.4, -0.2) is 0 Å². The van der Waals surface area contributed by atoms with Crippen molar-refractivity contribution < 1.29 is 0 Å². The standard InChI is InChI=1S/C64H45N/c1-5-19-46(20-6-1)47-35-37-52(38-36-47)57-29-13-15-33-62(57)65(63-34-16-14-30-59(63)60-32-18-28-53-27-17-31-58(64(53)60)50-23-9-3-10-24-50)55-42-39-48(40-43-55)54-41-44-56(49-21-7-2-8-22-49)61(45-54)51-25-11-4-12-26-51/h1-45H. The van der Waals surface area contributed by atoms with Crippen molar-refractivity contribution in [1.29, 1.82) is 0 Å². The highest BCUT2D eigenvalue weighted by molar-refractivity contribution is 6.09. The Hall–Kier alpha value is -8.52. The van der Waals surface area contributed by atoms with Crippen LogP contribution < -0.4 is 4.90 Å². The van der Waals surface area contributed by atoms with E-state index in [0.717, 1.165) is 39.3 Å². The fourth-order valence-electron chi connectivity index (χ4n) is 9.37. The minimum absolute atomic E-state index is 1.07. The van der Waals surface area contributed by atoms with Gasteiger partial charge in [-0.1, -0.05) is 243 Å². The second-order valence-electron chi connectivity index (χ2n) is 16.4. The highest BCUT2D eigenvalue weighted by Gasteiger charge is 2.22. The van der Waals surface area contributed by atoms with Crippen LogP contribution in [-0.2, 0) is 0 Å². The summed E-state index contributed by atoms with van der Waals surface area (Å²) in [5.74, 6) is 0. The van der Waals surface area contributed by atoms with Crippen molar-refractivity contribution in [1.82, 2.24) is 0 Å². The maximum absolute atomic E-state index is 2.46. The van der Waals surface area contributed by atoms with E-state index in [4.69, 9.17) is 0 Å². The van der Waals surface area contributed by atoms with Crippen molar-refractivity contribution in [2.24, 2.45) is 0 Å². The third-order valence-corrected chi connectivity index (χ3v) is 12.5. The van der Waals surface area contributed by atoms with Gasteiger partial charge in [-0.25, -0.2) is 0 Å². The molecule has 11 rings (SSSR count). The Morgan fingerprint density at radius 3 is 1.20 bits per heavy atom. The zero-order chi connectivity index (χ0) is 43.4. The normalized spacial score (nSPS) is 11.1. The first-order valence-corrected chi connectivity index (χ1v) is 22.3. The van der Waals surface area contributed by atoms with Crippen LogP contribution in [0, 0.1) is 0 Å². The van der Waals surface area contributed by atoms with Crippen molar-refractivity contribution in [3.05, 3.63) is 273 Å². The third-order valence-electron chi connectivity index (χ3n) is 12.5. The number of benzene rings is 11. The molecule has 1 heteroatoms. The van der Waals surface area contributed by atoms with Crippen LogP contribution in [0.2, 0.25) is 0 Å². The van der Waals surface area contributed by atoms with Crippen LogP contribution in [0.1, 0.15) is 0 Å². The maximum Gasteiger partial charge on any atom is 0.0540 e. The Kier molecular flexibility index (Phi) is 10.7. The lowest BCUT2D eigenvalue weighted by Gasteiger charge is -2.30. The molecule has 0 saturated carbocycles. The number of rotatable bonds is 10. The quantitative estimate of drug-likeness (QED) is 0.133. The van der Waals surface area contributed by atoms with E-state index in [1.807, 2.05) is 0 Å². The molecule has 0 aliphatic rings. The molecule has 0 aliphatic heterocycles. The molecule has 11 aromatic rings. The number of anilines is 3. The Bertz CT molecular complexity index is 3370. The van der Waals surface area contributed by atoms with Gasteiger partial charge in [0.25, 0.3) is 0 Å². The molecule has 0 fully saturated rings. The van der Waals surface area contributed by atoms with Crippen LogP contribution in [0.3, 0.4) is 0 Å². The van der Waals surface area contributed by atoms with Gasteiger partial charge in [0, 0.05) is 16.8 Å². The zero-order valence-corrected chi connectivity index (χ0v) is 35.9. The third kappa shape index (κ3) is 7.82. The fourth-order valence-corrected chi connectivity index (χ4v) is 9.37. The predicted octanol–water partition coefficient (Wildman–Crippen LogP) is 18.0. The van der Waals surface area contributed by atoms with Crippen LogP contribution >= 0.6 is 0 Å². The first-order chi connectivity index (χ1) is 32.3. The smallest absolute Gasteiger partial charge is 0.0540 e. The molecule has 0 amide bonds. The molecular weight excluding hydrogens is 783 g/mol. The lowest BCUT2D eigenvalue weighted by molar-refractivity contribution is 1.28. The fraction of sp³-hybridized carbons (Fsp3) is 0. The number of fused-ring (bicyclic) bond motifs is 1. The van der Waals surface area contributed by atoms with Crippen molar-refractivity contribution in [3.63, 3.8) is 0 Å². The molecule has 0 saturated heterocycles. The van der Waals surface area contributed by atoms with Crippen LogP contribution in [0.15, 0.2) is 273 Å². The number of para-hydroxylation sites is 2. The summed E-state index contributed by atoms with van der Waals surface area (Å²) in [4.78, 5) is 2.46.